The first kappa shape index (κ1) is 14.0. The Bertz CT molecular complexity index is 804. The number of hydrogen-bond acceptors (Lipinski definition) is 2. The number of nitrogens with two attached hydrogens (primary N) is 1. The number of fused-ring (bicyclic) bond motifs is 1. The third-order valence-electron chi connectivity index (χ3n) is 3.28. The summed E-state index contributed by atoms with van der Waals surface area (Å²) < 4.78 is 20.5. The summed E-state index contributed by atoms with van der Waals surface area (Å²) in [6, 6.07) is 16.5. The molecule has 0 aliphatic carbocycles. The van der Waals surface area contributed by atoms with Gasteiger partial charge in [-0.3, -0.25) is 0 Å². The molecule has 0 aliphatic rings. The summed E-state index contributed by atoms with van der Waals surface area (Å²) in [4.78, 5) is 0. The van der Waals surface area contributed by atoms with Gasteiger partial charge >= 0.3 is 0 Å². The average molecular weight is 346 g/mol. The number of rotatable bonds is 3. The molecule has 4 heteroatoms. The van der Waals surface area contributed by atoms with Crippen molar-refractivity contribution in [2.75, 3.05) is 0 Å². The van der Waals surface area contributed by atoms with E-state index in [1.165, 1.54) is 6.07 Å². The van der Waals surface area contributed by atoms with E-state index in [9.17, 15) is 4.39 Å². The summed E-state index contributed by atoms with van der Waals surface area (Å²) >= 11 is 3.44. The number of halogens is 2. The molecule has 3 aromatic carbocycles. The van der Waals surface area contributed by atoms with Crippen molar-refractivity contribution in [3.8, 4) is 11.5 Å². The van der Waals surface area contributed by atoms with Gasteiger partial charge in [0.15, 0.2) is 0 Å². The van der Waals surface area contributed by atoms with Crippen LogP contribution in [0.15, 0.2) is 59.1 Å². The van der Waals surface area contributed by atoms with Crippen molar-refractivity contribution in [3.63, 3.8) is 0 Å². The van der Waals surface area contributed by atoms with Crippen LogP contribution in [0.2, 0.25) is 0 Å². The number of benzene rings is 3. The van der Waals surface area contributed by atoms with Crippen molar-refractivity contribution in [2.24, 2.45) is 5.73 Å². The van der Waals surface area contributed by atoms with E-state index in [0.29, 0.717) is 17.1 Å². The minimum atomic E-state index is -0.347. The van der Waals surface area contributed by atoms with Gasteiger partial charge in [0, 0.05) is 16.6 Å². The molecular weight excluding hydrogens is 333 g/mol. The van der Waals surface area contributed by atoms with E-state index in [1.807, 2.05) is 36.4 Å². The van der Waals surface area contributed by atoms with Gasteiger partial charge < -0.3 is 10.5 Å². The normalized spacial score (nSPS) is 10.8. The highest BCUT2D eigenvalue weighted by Crippen LogP contribution is 2.30. The lowest BCUT2D eigenvalue weighted by Gasteiger charge is -2.11. The van der Waals surface area contributed by atoms with Crippen LogP contribution in [0.3, 0.4) is 0 Å². The van der Waals surface area contributed by atoms with Gasteiger partial charge in [0.25, 0.3) is 0 Å². The Morgan fingerprint density at radius 3 is 2.57 bits per heavy atom. The molecule has 0 radical (unpaired) electrons. The van der Waals surface area contributed by atoms with Crippen LogP contribution in [-0.2, 0) is 6.54 Å². The Morgan fingerprint density at radius 2 is 1.76 bits per heavy atom. The van der Waals surface area contributed by atoms with E-state index >= 15 is 0 Å². The Hall–Kier alpha value is -1.91. The zero-order valence-corrected chi connectivity index (χ0v) is 12.7. The Balaban J connectivity index is 1.98. The minimum absolute atomic E-state index is 0.0997. The largest absolute Gasteiger partial charge is 0.457 e. The van der Waals surface area contributed by atoms with Crippen molar-refractivity contribution in [1.82, 2.24) is 0 Å². The topological polar surface area (TPSA) is 35.2 Å². The van der Waals surface area contributed by atoms with Crippen molar-refractivity contribution in [1.29, 1.82) is 0 Å². The summed E-state index contributed by atoms with van der Waals surface area (Å²) in [5, 5.41) is 2.16. The van der Waals surface area contributed by atoms with Crippen molar-refractivity contribution < 1.29 is 9.13 Å². The molecule has 2 N–H and O–H groups in total. The van der Waals surface area contributed by atoms with Crippen LogP contribution >= 0.6 is 15.9 Å². The maximum Gasteiger partial charge on any atom is 0.134 e. The summed E-state index contributed by atoms with van der Waals surface area (Å²) in [5.74, 6) is 0.763. The molecule has 21 heavy (non-hydrogen) atoms. The second-order valence-electron chi connectivity index (χ2n) is 4.68. The van der Waals surface area contributed by atoms with E-state index in [4.69, 9.17) is 10.5 Å². The van der Waals surface area contributed by atoms with E-state index < -0.39 is 0 Å². The maximum atomic E-state index is 13.7. The second kappa shape index (κ2) is 5.84. The lowest BCUT2D eigenvalue weighted by Crippen LogP contribution is -2.02. The van der Waals surface area contributed by atoms with Crippen LogP contribution < -0.4 is 10.5 Å². The average Bonchev–Trinajstić information content (AvgIpc) is 2.48. The zero-order valence-electron chi connectivity index (χ0n) is 11.1. The van der Waals surface area contributed by atoms with Gasteiger partial charge in [-0.2, -0.15) is 0 Å². The highest BCUT2D eigenvalue weighted by molar-refractivity contribution is 9.10. The fraction of sp³-hybridized carbons (Fsp3) is 0.0588. The first-order valence-corrected chi connectivity index (χ1v) is 7.31. The molecule has 0 atom stereocenters. The molecule has 0 saturated heterocycles. The lowest BCUT2D eigenvalue weighted by molar-refractivity contribution is 0.468. The molecule has 0 aromatic heterocycles. The first-order chi connectivity index (χ1) is 10.2. The van der Waals surface area contributed by atoms with E-state index in [-0.39, 0.29) is 12.4 Å². The smallest absolute Gasteiger partial charge is 0.134 e. The van der Waals surface area contributed by atoms with Gasteiger partial charge in [0.2, 0.25) is 0 Å². The Morgan fingerprint density at radius 1 is 1.00 bits per heavy atom. The maximum absolute atomic E-state index is 13.7. The van der Waals surface area contributed by atoms with E-state index in [1.54, 1.807) is 12.1 Å². The van der Waals surface area contributed by atoms with Crippen molar-refractivity contribution >= 4 is 26.7 Å². The quantitative estimate of drug-likeness (QED) is 0.725. The summed E-state index contributed by atoms with van der Waals surface area (Å²) in [6.45, 7) is 0.0997. The predicted octanol–water partition coefficient (Wildman–Crippen LogP) is 4.99. The molecule has 0 aliphatic heterocycles. The molecule has 3 aromatic rings. The SMILES string of the molecule is NCc1c(F)cccc1Oc1ccc2cc(Br)ccc2c1. The van der Waals surface area contributed by atoms with Gasteiger partial charge in [-0.1, -0.05) is 34.1 Å². The van der Waals surface area contributed by atoms with Crippen molar-refractivity contribution in [3.05, 3.63) is 70.5 Å². The zero-order chi connectivity index (χ0) is 14.8. The molecule has 106 valence electrons. The highest BCUT2D eigenvalue weighted by Gasteiger charge is 2.09. The van der Waals surface area contributed by atoms with Crippen LogP contribution in [0.4, 0.5) is 4.39 Å². The van der Waals surface area contributed by atoms with Crippen LogP contribution in [-0.4, -0.2) is 0 Å². The molecule has 2 nitrogen and oxygen atoms in total. The minimum Gasteiger partial charge on any atom is -0.457 e. The fourth-order valence-corrected chi connectivity index (χ4v) is 2.60. The number of ether oxygens (including phenoxy) is 1. The van der Waals surface area contributed by atoms with Crippen LogP contribution in [0.25, 0.3) is 10.8 Å². The monoisotopic (exact) mass is 345 g/mol. The Kier molecular flexibility index (Phi) is 3.90. The third-order valence-corrected chi connectivity index (χ3v) is 3.77. The molecule has 0 heterocycles. The predicted molar refractivity (Wildman–Crippen MR) is 86.0 cm³/mol. The summed E-state index contributed by atoms with van der Waals surface area (Å²) in [6.07, 6.45) is 0. The van der Waals surface area contributed by atoms with Gasteiger partial charge in [0.1, 0.15) is 17.3 Å². The van der Waals surface area contributed by atoms with Crippen molar-refractivity contribution in [2.45, 2.75) is 6.54 Å². The summed E-state index contributed by atoms with van der Waals surface area (Å²) in [7, 11) is 0. The molecule has 0 saturated carbocycles. The first-order valence-electron chi connectivity index (χ1n) is 6.52. The molecular formula is C17H13BrFNO. The van der Waals surface area contributed by atoms with Crippen LogP contribution in [0.5, 0.6) is 11.5 Å². The van der Waals surface area contributed by atoms with Gasteiger partial charge in [-0.25, -0.2) is 4.39 Å². The van der Waals surface area contributed by atoms with E-state index in [2.05, 4.69) is 15.9 Å². The number of hydrogen-bond donors (Lipinski definition) is 1. The van der Waals surface area contributed by atoms with Crippen LogP contribution in [0, 0.1) is 5.82 Å². The highest BCUT2D eigenvalue weighted by atomic mass is 79.9. The second-order valence-corrected chi connectivity index (χ2v) is 5.59. The third kappa shape index (κ3) is 2.91. The molecule has 0 fully saturated rings. The molecule has 0 bridgehead atoms. The molecule has 0 amide bonds. The molecule has 3 rings (SSSR count). The lowest BCUT2D eigenvalue weighted by atomic mass is 10.1. The van der Waals surface area contributed by atoms with E-state index in [0.717, 1.165) is 15.2 Å². The van der Waals surface area contributed by atoms with Gasteiger partial charge in [-0.15, -0.1) is 0 Å². The Labute approximate surface area is 130 Å². The van der Waals surface area contributed by atoms with Gasteiger partial charge in [-0.05, 0) is 47.2 Å². The standard InChI is InChI=1S/C17H13BrFNO/c18-13-6-4-12-9-14(7-5-11(12)8-13)21-17-3-1-2-16(19)15(17)10-20/h1-9H,10,20H2. The molecule has 0 spiro atoms. The summed E-state index contributed by atoms with van der Waals surface area (Å²) in [5.41, 5.74) is 5.97. The fourth-order valence-electron chi connectivity index (χ4n) is 2.22. The van der Waals surface area contributed by atoms with Gasteiger partial charge in [0.05, 0.1) is 0 Å². The molecule has 0 unspecified atom stereocenters. The van der Waals surface area contributed by atoms with Crippen LogP contribution in [0.1, 0.15) is 5.56 Å².